The number of fused-ring (bicyclic) bond motifs is 1. The van der Waals surface area contributed by atoms with Gasteiger partial charge >= 0.3 is 5.97 Å². The normalized spacial score (nSPS) is 11.6. The Morgan fingerprint density at radius 2 is 1.57 bits per heavy atom. The number of hydrogen-bond donors (Lipinski definition) is 1. The van der Waals surface area contributed by atoms with Crippen molar-refractivity contribution in [1.82, 2.24) is 4.57 Å². The van der Waals surface area contributed by atoms with Gasteiger partial charge in [-0.3, -0.25) is 4.79 Å². The van der Waals surface area contributed by atoms with Crippen molar-refractivity contribution in [3.8, 4) is 5.75 Å². The number of methoxy groups -OCH3 is 1. The second-order valence-corrected chi connectivity index (χ2v) is 10.0. The highest BCUT2D eigenvalue weighted by atomic mass is 35.5. The fourth-order valence-electron chi connectivity index (χ4n) is 4.34. The molecule has 0 aliphatic heterocycles. The maximum absolute atomic E-state index is 13.6. The van der Waals surface area contributed by atoms with Crippen molar-refractivity contribution >= 4 is 34.3 Å². The Morgan fingerprint density at radius 1 is 0.946 bits per heavy atom. The summed E-state index contributed by atoms with van der Waals surface area (Å²) in [5, 5.41) is 10.8. The Hall–Kier alpha value is -3.61. The Balaban J connectivity index is 1.69. The molecule has 1 N–H and O–H groups in total. The highest BCUT2D eigenvalue weighted by molar-refractivity contribution is 6.32. The molecule has 1 heterocycles. The van der Waals surface area contributed by atoms with Gasteiger partial charge in [-0.1, -0.05) is 41.9 Å². The zero-order valence-electron chi connectivity index (χ0n) is 21.6. The van der Waals surface area contributed by atoms with Gasteiger partial charge in [0.05, 0.1) is 24.8 Å². The molecule has 0 saturated carbocycles. The quantitative estimate of drug-likeness (QED) is 0.253. The summed E-state index contributed by atoms with van der Waals surface area (Å²) in [5.41, 5.74) is 4.59. The molecule has 0 saturated heterocycles. The Kier molecular flexibility index (Phi) is 7.44. The lowest BCUT2D eigenvalue weighted by molar-refractivity contribution is -0.162. The Bertz CT molecular complexity index is 1470. The highest BCUT2D eigenvalue weighted by Gasteiger charge is 2.28. The van der Waals surface area contributed by atoms with Gasteiger partial charge in [-0.15, -0.1) is 0 Å². The van der Waals surface area contributed by atoms with Crippen LogP contribution in [-0.4, -0.2) is 34.1 Å². The summed E-state index contributed by atoms with van der Waals surface area (Å²) in [4.78, 5) is 24.9. The van der Waals surface area contributed by atoms with Gasteiger partial charge in [0.25, 0.3) is 0 Å². The molecule has 0 aliphatic rings. The third-order valence-electron chi connectivity index (χ3n) is 6.73. The second kappa shape index (κ2) is 10.4. The minimum Gasteiger partial charge on any atom is -0.497 e. The molecule has 0 unspecified atom stereocenters. The molecular weight excluding hydrogens is 490 g/mol. The van der Waals surface area contributed by atoms with Crippen molar-refractivity contribution in [2.75, 3.05) is 7.11 Å². The Morgan fingerprint density at radius 3 is 2.16 bits per heavy atom. The van der Waals surface area contributed by atoms with Gasteiger partial charge in [-0.05, 0) is 74.7 Å². The van der Waals surface area contributed by atoms with Gasteiger partial charge in [0, 0.05) is 28.2 Å². The van der Waals surface area contributed by atoms with Crippen LogP contribution in [0.15, 0.2) is 60.7 Å². The summed E-state index contributed by atoms with van der Waals surface area (Å²) in [6, 6.07) is 18.7. The zero-order chi connectivity index (χ0) is 26.9. The molecule has 4 aromatic rings. The molecule has 6 nitrogen and oxygen atoms in total. The highest BCUT2D eigenvalue weighted by Crippen LogP contribution is 2.34. The van der Waals surface area contributed by atoms with Crippen molar-refractivity contribution in [3.05, 3.63) is 99.2 Å². The molecular formula is C30H30ClNO5. The van der Waals surface area contributed by atoms with Gasteiger partial charge in [0.2, 0.25) is 0 Å². The Labute approximate surface area is 221 Å². The van der Waals surface area contributed by atoms with Gasteiger partial charge < -0.3 is 19.1 Å². The van der Waals surface area contributed by atoms with Gasteiger partial charge in [0.15, 0.2) is 11.4 Å². The zero-order valence-corrected chi connectivity index (χ0v) is 22.3. The number of carbonyl (C=O) groups is 2. The first-order valence-corrected chi connectivity index (χ1v) is 12.3. The molecule has 3 aromatic carbocycles. The number of aromatic nitrogens is 1. The van der Waals surface area contributed by atoms with E-state index in [1.807, 2.05) is 50.2 Å². The molecule has 37 heavy (non-hydrogen) atoms. The maximum atomic E-state index is 13.6. The first-order valence-electron chi connectivity index (χ1n) is 11.9. The number of carboxylic acid groups (broad SMARTS) is 1. The number of nitrogens with zero attached hydrogens (tertiary/aromatic N) is 1. The van der Waals surface area contributed by atoms with Crippen LogP contribution in [0.2, 0.25) is 5.02 Å². The van der Waals surface area contributed by atoms with Crippen molar-refractivity contribution in [3.63, 3.8) is 0 Å². The number of aliphatic carboxylic acids is 1. The number of ketones is 1. The van der Waals surface area contributed by atoms with Crippen LogP contribution in [0.4, 0.5) is 0 Å². The van der Waals surface area contributed by atoms with Crippen LogP contribution < -0.4 is 4.74 Å². The lowest BCUT2D eigenvalue weighted by atomic mass is 9.99. The number of benzene rings is 3. The molecule has 0 spiro atoms. The van der Waals surface area contributed by atoms with Crippen LogP contribution in [0.1, 0.15) is 52.2 Å². The third kappa shape index (κ3) is 5.26. The number of hydrogen-bond acceptors (Lipinski definition) is 4. The van der Waals surface area contributed by atoms with E-state index in [0.717, 1.165) is 33.3 Å². The van der Waals surface area contributed by atoms with E-state index in [0.29, 0.717) is 28.4 Å². The molecule has 192 valence electrons. The molecule has 0 radical (unpaired) electrons. The van der Waals surface area contributed by atoms with Gasteiger partial charge in [-0.2, -0.15) is 0 Å². The molecule has 4 rings (SSSR count). The number of aryl methyl sites for hydroxylation is 1. The second-order valence-electron chi connectivity index (χ2n) is 9.59. The van der Waals surface area contributed by atoms with Crippen LogP contribution in [0.5, 0.6) is 5.75 Å². The van der Waals surface area contributed by atoms with E-state index in [2.05, 4.69) is 4.57 Å². The van der Waals surface area contributed by atoms with Crippen LogP contribution in [-0.2, 0) is 22.7 Å². The summed E-state index contributed by atoms with van der Waals surface area (Å²) in [5.74, 6) is -0.369. The van der Waals surface area contributed by atoms with E-state index < -0.39 is 11.6 Å². The average molecular weight is 520 g/mol. The molecule has 0 amide bonds. The lowest BCUT2D eigenvalue weighted by Crippen LogP contribution is -2.34. The third-order valence-corrected chi connectivity index (χ3v) is 7.14. The van der Waals surface area contributed by atoms with E-state index >= 15 is 0 Å². The molecule has 0 aliphatic carbocycles. The van der Waals surface area contributed by atoms with Gasteiger partial charge in [-0.25, -0.2) is 4.79 Å². The summed E-state index contributed by atoms with van der Waals surface area (Å²) < 4.78 is 12.9. The summed E-state index contributed by atoms with van der Waals surface area (Å²) in [7, 11) is 1.59. The molecule has 0 fully saturated rings. The largest absolute Gasteiger partial charge is 0.497 e. The molecule has 0 atom stereocenters. The lowest BCUT2D eigenvalue weighted by Gasteiger charge is -2.20. The van der Waals surface area contributed by atoms with Gasteiger partial charge in [0.1, 0.15) is 5.75 Å². The molecule has 0 bridgehead atoms. The summed E-state index contributed by atoms with van der Waals surface area (Å²) in [6.07, 6.45) is 0. The van der Waals surface area contributed by atoms with E-state index in [4.69, 9.17) is 21.1 Å². The van der Waals surface area contributed by atoms with Crippen molar-refractivity contribution < 1.29 is 24.2 Å². The van der Waals surface area contributed by atoms with E-state index in [-0.39, 0.29) is 12.4 Å². The monoisotopic (exact) mass is 519 g/mol. The fourth-order valence-corrected chi connectivity index (χ4v) is 4.50. The SMILES string of the molecule is COc1ccc(C(=O)c2c(C)n(Cc3ccc(COC(C)(C)C(=O)O)cc3)c3c(C)c(Cl)ccc23)cc1. The molecule has 1 aromatic heterocycles. The number of carboxylic acids is 1. The first kappa shape index (κ1) is 26.5. The van der Waals surface area contributed by atoms with E-state index in [9.17, 15) is 14.7 Å². The number of halogens is 1. The minimum atomic E-state index is -1.26. The maximum Gasteiger partial charge on any atom is 0.335 e. The predicted molar refractivity (Wildman–Crippen MR) is 145 cm³/mol. The minimum absolute atomic E-state index is 0.0563. The van der Waals surface area contributed by atoms with E-state index in [1.54, 1.807) is 31.4 Å². The number of rotatable bonds is 9. The standard InChI is InChI=1S/C30H30ClNO5/c1-18-25(31)15-14-24-26(28(33)22-10-12-23(36-5)13-11-22)19(2)32(27(18)24)16-20-6-8-21(9-7-20)17-37-30(3,4)29(34)35/h6-15H,16-17H2,1-5H3,(H,34,35). The van der Waals surface area contributed by atoms with Crippen LogP contribution >= 0.6 is 11.6 Å². The predicted octanol–water partition coefficient (Wildman–Crippen LogP) is 6.58. The van der Waals surface area contributed by atoms with Crippen LogP contribution in [0.25, 0.3) is 10.9 Å². The van der Waals surface area contributed by atoms with Crippen LogP contribution in [0.3, 0.4) is 0 Å². The van der Waals surface area contributed by atoms with E-state index in [1.165, 1.54) is 13.8 Å². The topological polar surface area (TPSA) is 77.8 Å². The fraction of sp³-hybridized carbons (Fsp3) is 0.267. The average Bonchev–Trinajstić information content (AvgIpc) is 3.16. The van der Waals surface area contributed by atoms with Crippen LogP contribution in [0, 0.1) is 13.8 Å². The summed E-state index contributed by atoms with van der Waals surface area (Å²) >= 11 is 6.50. The number of carbonyl (C=O) groups excluding carboxylic acids is 1. The molecule has 7 heteroatoms. The smallest absolute Gasteiger partial charge is 0.335 e. The summed E-state index contributed by atoms with van der Waals surface area (Å²) in [6.45, 7) is 7.72. The van der Waals surface area contributed by atoms with Crippen molar-refractivity contribution in [2.45, 2.75) is 46.4 Å². The first-order chi connectivity index (χ1) is 17.5. The van der Waals surface area contributed by atoms with Crippen molar-refractivity contribution in [1.29, 1.82) is 0 Å². The van der Waals surface area contributed by atoms with Crippen molar-refractivity contribution in [2.24, 2.45) is 0 Å². The number of ether oxygens (including phenoxy) is 2.